The van der Waals surface area contributed by atoms with Gasteiger partial charge in [-0.25, -0.2) is 0 Å². The Morgan fingerprint density at radius 3 is 2.46 bits per heavy atom. The highest BCUT2D eigenvalue weighted by atomic mass is 16.6. The maximum Gasteiger partial charge on any atom is 0.311 e. The summed E-state index contributed by atoms with van der Waals surface area (Å²) < 4.78 is 11.5. The topological polar surface area (TPSA) is 64.6 Å². The first-order valence-electron chi connectivity index (χ1n) is 13.6. The molecule has 4 aromatic rings. The largest absolute Gasteiger partial charge is 0.490 e. The molecule has 0 fully saturated rings. The molecule has 0 spiro atoms. The molecular formula is C34H31NO4. The first-order valence-corrected chi connectivity index (χ1v) is 13.6. The van der Waals surface area contributed by atoms with Crippen LogP contribution < -0.4 is 14.8 Å². The number of ketones is 1. The lowest BCUT2D eigenvalue weighted by Gasteiger charge is -2.37. The minimum atomic E-state index is -0.318. The lowest BCUT2D eigenvalue weighted by molar-refractivity contribution is -0.134. The Morgan fingerprint density at radius 1 is 0.872 bits per heavy atom. The summed E-state index contributed by atoms with van der Waals surface area (Å²) in [4.78, 5) is 26.1. The van der Waals surface area contributed by atoms with Crippen molar-refractivity contribution in [2.45, 2.75) is 44.9 Å². The van der Waals surface area contributed by atoms with E-state index in [9.17, 15) is 9.59 Å². The van der Waals surface area contributed by atoms with Crippen LogP contribution in [0.2, 0.25) is 0 Å². The Hall–Kier alpha value is -4.38. The van der Waals surface area contributed by atoms with E-state index in [1.165, 1.54) is 5.56 Å². The Kier molecular flexibility index (Phi) is 6.65. The van der Waals surface area contributed by atoms with Crippen molar-refractivity contribution in [3.05, 3.63) is 113 Å². The Morgan fingerprint density at radius 2 is 1.67 bits per heavy atom. The van der Waals surface area contributed by atoms with Gasteiger partial charge in [0.15, 0.2) is 17.3 Å². The molecule has 0 aromatic heterocycles. The number of rotatable bonds is 6. The second kappa shape index (κ2) is 10.4. The minimum Gasteiger partial charge on any atom is -0.490 e. The van der Waals surface area contributed by atoms with Gasteiger partial charge in [-0.05, 0) is 64.9 Å². The van der Waals surface area contributed by atoms with Gasteiger partial charge >= 0.3 is 5.97 Å². The van der Waals surface area contributed by atoms with Crippen LogP contribution in [0.25, 0.3) is 10.8 Å². The monoisotopic (exact) mass is 517 g/mol. The SMILES string of the molecule is CCOc1cc([C@H]2C3=C(C[C@H](c4ccccc4)CC3=O)Nc3ccc4ccccc4c32)ccc1OC(=O)CC. The molecule has 6 rings (SSSR count). The van der Waals surface area contributed by atoms with Gasteiger partial charge in [-0.15, -0.1) is 0 Å². The molecule has 39 heavy (non-hydrogen) atoms. The Bertz CT molecular complexity index is 1600. The van der Waals surface area contributed by atoms with Crippen molar-refractivity contribution in [3.8, 4) is 11.5 Å². The number of benzene rings is 4. The van der Waals surface area contributed by atoms with Gasteiger partial charge in [-0.3, -0.25) is 9.59 Å². The second-order valence-electron chi connectivity index (χ2n) is 10.1. The van der Waals surface area contributed by atoms with Crippen molar-refractivity contribution in [1.29, 1.82) is 0 Å². The van der Waals surface area contributed by atoms with Crippen LogP contribution in [0.1, 0.15) is 61.6 Å². The summed E-state index contributed by atoms with van der Waals surface area (Å²) in [5.41, 5.74) is 6.00. The number of allylic oxidation sites excluding steroid dienone is 2. The van der Waals surface area contributed by atoms with Gasteiger partial charge in [0.05, 0.1) is 6.61 Å². The van der Waals surface area contributed by atoms with E-state index in [2.05, 4.69) is 41.7 Å². The van der Waals surface area contributed by atoms with E-state index in [-0.39, 0.29) is 30.0 Å². The lowest BCUT2D eigenvalue weighted by Crippen LogP contribution is -2.30. The van der Waals surface area contributed by atoms with Gasteiger partial charge in [0.1, 0.15) is 0 Å². The van der Waals surface area contributed by atoms with E-state index in [1.54, 1.807) is 13.0 Å². The van der Waals surface area contributed by atoms with Gasteiger partial charge < -0.3 is 14.8 Å². The number of hydrogen-bond acceptors (Lipinski definition) is 5. The quantitative estimate of drug-likeness (QED) is 0.212. The maximum absolute atomic E-state index is 14.0. The van der Waals surface area contributed by atoms with Crippen LogP contribution >= 0.6 is 0 Å². The molecule has 1 N–H and O–H groups in total. The highest BCUT2D eigenvalue weighted by Gasteiger charge is 2.39. The first kappa shape index (κ1) is 24.9. The lowest BCUT2D eigenvalue weighted by atomic mass is 9.71. The summed E-state index contributed by atoms with van der Waals surface area (Å²) in [5.74, 6) is 0.587. The van der Waals surface area contributed by atoms with Crippen LogP contribution in [0.4, 0.5) is 5.69 Å². The predicted molar refractivity (Wildman–Crippen MR) is 153 cm³/mol. The van der Waals surface area contributed by atoms with Gasteiger partial charge in [-0.1, -0.05) is 73.7 Å². The summed E-state index contributed by atoms with van der Waals surface area (Å²) in [6.45, 7) is 4.09. The molecule has 0 unspecified atom stereocenters. The highest BCUT2D eigenvalue weighted by Crippen LogP contribution is 2.51. The standard InChI is InChI=1S/C34H31NO4/c1-3-31(37)39-29-17-15-23(20-30(29)38-4-2)32-33-25-13-9-8-12-22(25)14-16-26(33)35-27-18-24(19-28(36)34(27)32)21-10-6-5-7-11-21/h5-17,20,24,32,35H,3-4,18-19H2,1-2H3/t24-,32+/m0/s1. The molecular weight excluding hydrogens is 486 g/mol. The van der Waals surface area contributed by atoms with Crippen molar-refractivity contribution in [1.82, 2.24) is 0 Å². The number of carbonyl (C=O) groups is 2. The Labute approximate surface area is 228 Å². The molecule has 5 heteroatoms. The fourth-order valence-electron chi connectivity index (χ4n) is 5.95. The van der Waals surface area contributed by atoms with Gasteiger partial charge in [0.25, 0.3) is 0 Å². The van der Waals surface area contributed by atoms with E-state index < -0.39 is 0 Å². The van der Waals surface area contributed by atoms with Crippen LogP contribution in [-0.4, -0.2) is 18.4 Å². The van der Waals surface area contributed by atoms with Crippen LogP contribution in [0.3, 0.4) is 0 Å². The number of nitrogens with one attached hydrogen (secondary N) is 1. The van der Waals surface area contributed by atoms with Crippen LogP contribution in [0.5, 0.6) is 11.5 Å². The number of anilines is 1. The smallest absolute Gasteiger partial charge is 0.311 e. The zero-order valence-corrected chi connectivity index (χ0v) is 22.2. The molecule has 196 valence electrons. The molecule has 2 aliphatic rings. The third-order valence-corrected chi connectivity index (χ3v) is 7.73. The van der Waals surface area contributed by atoms with E-state index >= 15 is 0 Å². The van der Waals surface area contributed by atoms with E-state index in [1.807, 2.05) is 49.4 Å². The van der Waals surface area contributed by atoms with Crippen LogP contribution in [-0.2, 0) is 9.59 Å². The number of ether oxygens (including phenoxy) is 2. The summed E-state index contributed by atoms with van der Waals surface area (Å²) in [6, 6.07) is 28.5. The number of carbonyl (C=O) groups excluding carboxylic acids is 2. The summed E-state index contributed by atoms with van der Waals surface area (Å²) in [7, 11) is 0. The van der Waals surface area contributed by atoms with E-state index in [0.717, 1.165) is 45.3 Å². The van der Waals surface area contributed by atoms with E-state index in [0.29, 0.717) is 24.5 Å². The maximum atomic E-state index is 14.0. The molecule has 0 bridgehead atoms. The van der Waals surface area contributed by atoms with E-state index in [4.69, 9.17) is 9.47 Å². The summed E-state index contributed by atoms with van der Waals surface area (Å²) in [6.07, 6.45) is 1.50. The molecule has 1 aliphatic heterocycles. The Balaban J connectivity index is 1.53. The summed E-state index contributed by atoms with van der Waals surface area (Å²) >= 11 is 0. The molecule has 1 aliphatic carbocycles. The fourth-order valence-corrected chi connectivity index (χ4v) is 5.95. The number of fused-ring (bicyclic) bond motifs is 3. The number of hydrogen-bond donors (Lipinski definition) is 1. The number of esters is 1. The second-order valence-corrected chi connectivity index (χ2v) is 10.1. The van der Waals surface area contributed by atoms with Gasteiger partial charge in [-0.2, -0.15) is 0 Å². The third-order valence-electron chi connectivity index (χ3n) is 7.73. The molecule has 0 saturated heterocycles. The van der Waals surface area contributed by atoms with Crippen molar-refractivity contribution in [3.63, 3.8) is 0 Å². The molecule has 0 radical (unpaired) electrons. The van der Waals surface area contributed by atoms with Gasteiger partial charge in [0, 0.05) is 35.7 Å². The highest BCUT2D eigenvalue weighted by molar-refractivity contribution is 6.04. The average molecular weight is 518 g/mol. The molecule has 0 amide bonds. The average Bonchev–Trinajstić information content (AvgIpc) is 2.97. The van der Waals surface area contributed by atoms with Gasteiger partial charge in [0.2, 0.25) is 0 Å². The molecule has 1 heterocycles. The molecule has 0 saturated carbocycles. The zero-order valence-electron chi connectivity index (χ0n) is 22.2. The third kappa shape index (κ3) is 4.59. The number of Topliss-reactive ketones (excluding diaryl/α,β-unsaturated/α-hetero) is 1. The molecule has 5 nitrogen and oxygen atoms in total. The first-order chi connectivity index (χ1) is 19.1. The molecule has 4 aromatic carbocycles. The molecule has 2 atom stereocenters. The van der Waals surface area contributed by atoms with Crippen molar-refractivity contribution < 1.29 is 19.1 Å². The minimum absolute atomic E-state index is 0.127. The van der Waals surface area contributed by atoms with Crippen molar-refractivity contribution in [2.24, 2.45) is 0 Å². The van der Waals surface area contributed by atoms with Crippen molar-refractivity contribution in [2.75, 3.05) is 11.9 Å². The normalized spacial score (nSPS) is 18.3. The van der Waals surface area contributed by atoms with Crippen molar-refractivity contribution >= 4 is 28.2 Å². The predicted octanol–water partition coefficient (Wildman–Crippen LogP) is 7.51. The zero-order chi connectivity index (χ0) is 26.9. The summed E-state index contributed by atoms with van der Waals surface area (Å²) in [5, 5.41) is 5.89. The van der Waals surface area contributed by atoms with Crippen LogP contribution in [0.15, 0.2) is 96.2 Å². The van der Waals surface area contributed by atoms with Crippen LogP contribution in [0, 0.1) is 0 Å². The fraction of sp³-hybridized carbons (Fsp3) is 0.235.